The molecule has 0 aromatic heterocycles. The molecule has 2 N–H and O–H groups in total. The third kappa shape index (κ3) is 3.99. The zero-order valence-electron chi connectivity index (χ0n) is 10.9. The highest BCUT2D eigenvalue weighted by molar-refractivity contribution is 9.10. The van der Waals surface area contributed by atoms with E-state index in [1.807, 2.05) is 25.1 Å². The average Bonchev–Trinajstić information content (AvgIpc) is 2.40. The number of aryl methyl sites for hydroxylation is 1. The van der Waals surface area contributed by atoms with Gasteiger partial charge in [-0.25, -0.2) is 0 Å². The minimum Gasteiger partial charge on any atom is -0.375 e. The highest BCUT2D eigenvalue weighted by Crippen LogP contribution is 2.25. The van der Waals surface area contributed by atoms with Crippen LogP contribution in [-0.4, -0.2) is 12.5 Å². The molecule has 0 saturated heterocycles. The van der Waals surface area contributed by atoms with Gasteiger partial charge in [0, 0.05) is 20.9 Å². The van der Waals surface area contributed by atoms with Gasteiger partial charge in [-0.2, -0.15) is 0 Å². The van der Waals surface area contributed by atoms with E-state index in [1.54, 1.807) is 24.3 Å². The van der Waals surface area contributed by atoms with Crippen LogP contribution in [0.15, 0.2) is 46.9 Å². The fraction of sp³-hybridized carbons (Fsp3) is 0.133. The molecule has 3 nitrogen and oxygen atoms in total. The van der Waals surface area contributed by atoms with Gasteiger partial charge in [-0.15, -0.1) is 0 Å². The first-order valence-corrected chi connectivity index (χ1v) is 7.28. The van der Waals surface area contributed by atoms with Crippen LogP contribution in [0, 0.1) is 6.92 Å². The summed E-state index contributed by atoms with van der Waals surface area (Å²) in [6.07, 6.45) is 0. The van der Waals surface area contributed by atoms with Gasteiger partial charge in [0.25, 0.3) is 0 Å². The van der Waals surface area contributed by atoms with E-state index in [9.17, 15) is 4.79 Å². The number of hydrogen-bond acceptors (Lipinski definition) is 2. The van der Waals surface area contributed by atoms with Crippen molar-refractivity contribution in [2.24, 2.45) is 0 Å². The molecule has 0 spiro atoms. The summed E-state index contributed by atoms with van der Waals surface area (Å²) < 4.78 is 0.968. The van der Waals surface area contributed by atoms with E-state index in [0.29, 0.717) is 10.7 Å². The topological polar surface area (TPSA) is 41.1 Å². The Morgan fingerprint density at radius 2 is 2.00 bits per heavy atom. The third-order valence-electron chi connectivity index (χ3n) is 2.74. The molecule has 2 rings (SSSR count). The molecule has 2 aromatic rings. The molecule has 0 heterocycles. The van der Waals surface area contributed by atoms with Crippen LogP contribution >= 0.6 is 27.5 Å². The second-order valence-corrected chi connectivity index (χ2v) is 5.58. The Morgan fingerprint density at radius 1 is 1.25 bits per heavy atom. The van der Waals surface area contributed by atoms with E-state index in [4.69, 9.17) is 11.6 Å². The first kappa shape index (κ1) is 14.9. The molecular formula is C15H14BrClN2O. The van der Waals surface area contributed by atoms with Crippen molar-refractivity contribution in [1.29, 1.82) is 0 Å². The number of nitrogens with one attached hydrogen (secondary N) is 2. The molecule has 0 bridgehead atoms. The van der Waals surface area contributed by atoms with Crippen LogP contribution in [0.2, 0.25) is 5.02 Å². The van der Waals surface area contributed by atoms with Crippen LogP contribution in [0.25, 0.3) is 0 Å². The molecule has 0 aliphatic heterocycles. The van der Waals surface area contributed by atoms with E-state index < -0.39 is 0 Å². The van der Waals surface area contributed by atoms with Crippen LogP contribution in [0.5, 0.6) is 0 Å². The van der Waals surface area contributed by atoms with Gasteiger partial charge in [0.05, 0.1) is 6.54 Å². The first-order valence-electron chi connectivity index (χ1n) is 6.10. The van der Waals surface area contributed by atoms with Crippen molar-refractivity contribution < 1.29 is 4.79 Å². The number of hydrogen-bond donors (Lipinski definition) is 2. The summed E-state index contributed by atoms with van der Waals surface area (Å²) in [5.74, 6) is -0.124. The maximum atomic E-state index is 11.9. The van der Waals surface area contributed by atoms with E-state index in [0.717, 1.165) is 15.7 Å². The van der Waals surface area contributed by atoms with E-state index in [-0.39, 0.29) is 12.5 Å². The molecule has 0 fully saturated rings. The Balaban J connectivity index is 1.94. The van der Waals surface area contributed by atoms with Crippen molar-refractivity contribution in [3.63, 3.8) is 0 Å². The highest BCUT2D eigenvalue weighted by atomic mass is 79.9. The van der Waals surface area contributed by atoms with Crippen molar-refractivity contribution in [2.75, 3.05) is 17.2 Å². The minimum atomic E-state index is -0.124. The van der Waals surface area contributed by atoms with E-state index >= 15 is 0 Å². The number of anilines is 2. The van der Waals surface area contributed by atoms with E-state index in [2.05, 4.69) is 26.6 Å². The molecule has 104 valence electrons. The average molecular weight is 354 g/mol. The lowest BCUT2D eigenvalue weighted by Gasteiger charge is -2.10. The summed E-state index contributed by atoms with van der Waals surface area (Å²) in [6.45, 7) is 2.19. The monoisotopic (exact) mass is 352 g/mol. The van der Waals surface area contributed by atoms with Crippen molar-refractivity contribution >= 4 is 44.8 Å². The molecule has 0 aliphatic rings. The fourth-order valence-corrected chi connectivity index (χ4v) is 2.33. The molecule has 0 saturated carbocycles. The normalized spacial score (nSPS) is 10.2. The second-order valence-electron chi connectivity index (χ2n) is 4.35. The van der Waals surface area contributed by atoms with Crippen molar-refractivity contribution in [1.82, 2.24) is 0 Å². The third-order valence-corrected chi connectivity index (χ3v) is 4.03. The fourth-order valence-electron chi connectivity index (χ4n) is 1.73. The summed E-state index contributed by atoms with van der Waals surface area (Å²) in [5, 5.41) is 6.48. The van der Waals surface area contributed by atoms with Crippen LogP contribution in [0.3, 0.4) is 0 Å². The van der Waals surface area contributed by atoms with Gasteiger partial charge in [-0.05, 0) is 52.7 Å². The van der Waals surface area contributed by atoms with Crippen molar-refractivity contribution in [3.05, 3.63) is 57.5 Å². The van der Waals surface area contributed by atoms with Crippen LogP contribution < -0.4 is 10.6 Å². The lowest BCUT2D eigenvalue weighted by Crippen LogP contribution is -2.21. The number of rotatable bonds is 4. The van der Waals surface area contributed by atoms with Crippen molar-refractivity contribution in [2.45, 2.75) is 6.92 Å². The molecule has 0 aliphatic carbocycles. The van der Waals surface area contributed by atoms with Gasteiger partial charge < -0.3 is 10.6 Å². The molecule has 0 unspecified atom stereocenters. The zero-order chi connectivity index (χ0) is 14.5. The molecule has 20 heavy (non-hydrogen) atoms. The van der Waals surface area contributed by atoms with Crippen LogP contribution in [-0.2, 0) is 4.79 Å². The van der Waals surface area contributed by atoms with Crippen molar-refractivity contribution in [3.8, 4) is 0 Å². The molecule has 0 atom stereocenters. The molecule has 2 aromatic carbocycles. The highest BCUT2D eigenvalue weighted by Gasteiger charge is 2.05. The zero-order valence-corrected chi connectivity index (χ0v) is 13.3. The van der Waals surface area contributed by atoms with Gasteiger partial charge >= 0.3 is 0 Å². The van der Waals surface area contributed by atoms with E-state index in [1.165, 1.54) is 0 Å². The summed E-state index contributed by atoms with van der Waals surface area (Å²) in [7, 11) is 0. The van der Waals surface area contributed by atoms with Gasteiger partial charge in [0.15, 0.2) is 0 Å². The molecule has 5 heteroatoms. The Morgan fingerprint density at radius 3 is 2.75 bits per heavy atom. The Kier molecular flexibility index (Phi) is 5.04. The SMILES string of the molecule is Cc1cccc(NCC(=O)Nc2cccc(Cl)c2)c1Br. The maximum Gasteiger partial charge on any atom is 0.243 e. The summed E-state index contributed by atoms with van der Waals surface area (Å²) in [5.41, 5.74) is 2.70. The number of carbonyl (C=O) groups is 1. The summed E-state index contributed by atoms with van der Waals surface area (Å²) in [4.78, 5) is 11.9. The molecule has 0 radical (unpaired) electrons. The largest absolute Gasteiger partial charge is 0.375 e. The Labute approximate surface area is 131 Å². The van der Waals surface area contributed by atoms with Crippen LogP contribution in [0.4, 0.5) is 11.4 Å². The van der Waals surface area contributed by atoms with Gasteiger partial charge in [0.1, 0.15) is 0 Å². The number of amides is 1. The molecular weight excluding hydrogens is 340 g/mol. The lowest BCUT2D eigenvalue weighted by atomic mass is 10.2. The van der Waals surface area contributed by atoms with Gasteiger partial charge in [0.2, 0.25) is 5.91 Å². The standard InChI is InChI=1S/C15H14BrClN2O/c1-10-4-2-7-13(15(10)16)18-9-14(20)19-12-6-3-5-11(17)8-12/h2-8,18H,9H2,1H3,(H,19,20). The summed E-state index contributed by atoms with van der Waals surface area (Å²) >= 11 is 9.36. The second kappa shape index (κ2) is 6.77. The molecule has 1 amide bonds. The number of benzene rings is 2. The van der Waals surface area contributed by atoms with Gasteiger partial charge in [-0.1, -0.05) is 29.8 Å². The Hall–Kier alpha value is -1.52. The predicted octanol–water partition coefficient (Wildman–Crippen LogP) is 4.46. The summed E-state index contributed by atoms with van der Waals surface area (Å²) in [6, 6.07) is 12.9. The first-order chi connectivity index (χ1) is 9.56. The number of halogens is 2. The number of carbonyl (C=O) groups excluding carboxylic acids is 1. The Bertz CT molecular complexity index is 631. The lowest BCUT2D eigenvalue weighted by molar-refractivity contribution is -0.114. The predicted molar refractivity (Wildman–Crippen MR) is 87.5 cm³/mol. The maximum absolute atomic E-state index is 11.9. The van der Waals surface area contributed by atoms with Gasteiger partial charge in [-0.3, -0.25) is 4.79 Å². The smallest absolute Gasteiger partial charge is 0.243 e. The minimum absolute atomic E-state index is 0.124. The quantitative estimate of drug-likeness (QED) is 0.852. The van der Waals surface area contributed by atoms with Crippen LogP contribution in [0.1, 0.15) is 5.56 Å².